The van der Waals surface area contributed by atoms with Crippen LogP contribution in [0.1, 0.15) is 23.2 Å². The van der Waals surface area contributed by atoms with Crippen molar-refractivity contribution in [1.29, 1.82) is 0 Å². The lowest BCUT2D eigenvalue weighted by Crippen LogP contribution is -2.50. The number of hydrogen-bond donors (Lipinski definition) is 0. The number of halogens is 1. The summed E-state index contributed by atoms with van der Waals surface area (Å²) in [5.74, 6) is -0.731. The molecule has 0 saturated carbocycles. The lowest BCUT2D eigenvalue weighted by Gasteiger charge is -2.35. The zero-order chi connectivity index (χ0) is 14.7. The van der Waals surface area contributed by atoms with Crippen molar-refractivity contribution in [2.75, 3.05) is 39.3 Å². The highest BCUT2D eigenvalue weighted by Gasteiger charge is 2.25. The van der Waals surface area contributed by atoms with Crippen LogP contribution in [0.5, 0.6) is 0 Å². The van der Waals surface area contributed by atoms with Gasteiger partial charge in [0.15, 0.2) is 0 Å². The standard InChI is InChI=1S/C15H20FN3O2/c16-14-10-12(3-4-17-14)15(20)19-7-5-18(6-8-19)11-13-2-1-9-21-13/h3-4,10,13H,1-2,5-9,11H2. The van der Waals surface area contributed by atoms with E-state index in [-0.39, 0.29) is 5.91 Å². The first-order valence-electron chi connectivity index (χ1n) is 7.47. The van der Waals surface area contributed by atoms with Gasteiger partial charge in [0.2, 0.25) is 5.95 Å². The second kappa shape index (κ2) is 6.49. The molecular formula is C15H20FN3O2. The number of ether oxygens (including phenoxy) is 1. The maximum atomic E-state index is 13.1. The SMILES string of the molecule is O=C(c1ccnc(F)c1)N1CCN(CC2CCCO2)CC1. The minimum absolute atomic E-state index is 0.118. The van der Waals surface area contributed by atoms with E-state index in [1.165, 1.54) is 12.3 Å². The molecule has 0 radical (unpaired) electrons. The van der Waals surface area contributed by atoms with Gasteiger partial charge >= 0.3 is 0 Å². The van der Waals surface area contributed by atoms with Crippen molar-refractivity contribution < 1.29 is 13.9 Å². The van der Waals surface area contributed by atoms with Crippen molar-refractivity contribution in [3.63, 3.8) is 0 Å². The average molecular weight is 293 g/mol. The number of carbonyl (C=O) groups excluding carboxylic acids is 1. The molecule has 1 amide bonds. The number of carbonyl (C=O) groups is 1. The van der Waals surface area contributed by atoms with Gasteiger partial charge in [-0.05, 0) is 18.9 Å². The van der Waals surface area contributed by atoms with Crippen molar-refractivity contribution in [3.8, 4) is 0 Å². The summed E-state index contributed by atoms with van der Waals surface area (Å²) in [5.41, 5.74) is 0.370. The van der Waals surface area contributed by atoms with E-state index in [9.17, 15) is 9.18 Å². The van der Waals surface area contributed by atoms with Crippen LogP contribution in [0.15, 0.2) is 18.3 Å². The molecule has 0 spiro atoms. The molecule has 3 rings (SSSR count). The first-order valence-corrected chi connectivity index (χ1v) is 7.47. The monoisotopic (exact) mass is 293 g/mol. The van der Waals surface area contributed by atoms with E-state index in [0.29, 0.717) is 24.8 Å². The Morgan fingerprint density at radius 2 is 2.19 bits per heavy atom. The van der Waals surface area contributed by atoms with E-state index in [4.69, 9.17) is 4.74 Å². The van der Waals surface area contributed by atoms with Crippen LogP contribution in [0.2, 0.25) is 0 Å². The number of amides is 1. The number of nitrogens with zero attached hydrogens (tertiary/aromatic N) is 3. The van der Waals surface area contributed by atoms with Gasteiger partial charge in [-0.1, -0.05) is 0 Å². The topological polar surface area (TPSA) is 45.7 Å². The Balaban J connectivity index is 1.52. The molecule has 6 heteroatoms. The Labute approximate surface area is 123 Å². The van der Waals surface area contributed by atoms with E-state index in [2.05, 4.69) is 9.88 Å². The smallest absolute Gasteiger partial charge is 0.254 e. The van der Waals surface area contributed by atoms with Crippen LogP contribution in [-0.2, 0) is 4.74 Å². The quantitative estimate of drug-likeness (QED) is 0.785. The molecule has 1 atom stereocenters. The van der Waals surface area contributed by atoms with Gasteiger partial charge in [-0.15, -0.1) is 0 Å². The molecule has 5 nitrogen and oxygen atoms in total. The van der Waals surface area contributed by atoms with E-state index in [1.807, 2.05) is 0 Å². The molecule has 0 bridgehead atoms. The predicted molar refractivity (Wildman–Crippen MR) is 75.5 cm³/mol. The molecule has 2 fully saturated rings. The minimum atomic E-state index is -0.613. The van der Waals surface area contributed by atoms with Crippen molar-refractivity contribution in [2.24, 2.45) is 0 Å². The summed E-state index contributed by atoms with van der Waals surface area (Å²) in [4.78, 5) is 19.9. The fraction of sp³-hybridized carbons (Fsp3) is 0.600. The summed E-state index contributed by atoms with van der Waals surface area (Å²) in [6.45, 7) is 4.87. The molecule has 0 N–H and O–H groups in total. The molecule has 1 unspecified atom stereocenters. The third-order valence-electron chi connectivity index (χ3n) is 4.12. The Hall–Kier alpha value is -1.53. The predicted octanol–water partition coefficient (Wildman–Crippen LogP) is 1.16. The Bertz CT molecular complexity index is 497. The van der Waals surface area contributed by atoms with Gasteiger partial charge < -0.3 is 9.64 Å². The summed E-state index contributed by atoms with van der Waals surface area (Å²) < 4.78 is 18.7. The first-order chi connectivity index (χ1) is 10.2. The molecular weight excluding hydrogens is 273 g/mol. The first kappa shape index (κ1) is 14.4. The van der Waals surface area contributed by atoms with E-state index in [0.717, 1.165) is 39.1 Å². The van der Waals surface area contributed by atoms with Gasteiger partial charge in [0, 0.05) is 57.2 Å². The Morgan fingerprint density at radius 1 is 1.38 bits per heavy atom. The van der Waals surface area contributed by atoms with Crippen LogP contribution in [0.3, 0.4) is 0 Å². The summed E-state index contributed by atoms with van der Waals surface area (Å²) >= 11 is 0. The Morgan fingerprint density at radius 3 is 2.86 bits per heavy atom. The zero-order valence-corrected chi connectivity index (χ0v) is 12.0. The van der Waals surface area contributed by atoms with Crippen molar-refractivity contribution >= 4 is 5.91 Å². The van der Waals surface area contributed by atoms with Crippen LogP contribution in [0.25, 0.3) is 0 Å². The highest BCUT2D eigenvalue weighted by Crippen LogP contribution is 2.15. The van der Waals surface area contributed by atoms with Gasteiger partial charge in [0.05, 0.1) is 6.10 Å². The minimum Gasteiger partial charge on any atom is -0.377 e. The van der Waals surface area contributed by atoms with E-state index in [1.54, 1.807) is 11.0 Å². The molecule has 3 heterocycles. The largest absolute Gasteiger partial charge is 0.377 e. The van der Waals surface area contributed by atoms with Gasteiger partial charge in [-0.25, -0.2) is 4.98 Å². The highest BCUT2D eigenvalue weighted by atomic mass is 19.1. The van der Waals surface area contributed by atoms with Crippen molar-refractivity contribution in [1.82, 2.24) is 14.8 Å². The van der Waals surface area contributed by atoms with E-state index < -0.39 is 5.95 Å². The number of pyridine rings is 1. The summed E-state index contributed by atoms with van der Waals surface area (Å²) in [6, 6.07) is 2.76. The van der Waals surface area contributed by atoms with Gasteiger partial charge in [-0.3, -0.25) is 9.69 Å². The lowest BCUT2D eigenvalue weighted by molar-refractivity contribution is 0.0432. The van der Waals surface area contributed by atoms with E-state index >= 15 is 0 Å². The fourth-order valence-electron chi connectivity index (χ4n) is 2.93. The highest BCUT2D eigenvalue weighted by molar-refractivity contribution is 5.94. The molecule has 114 valence electrons. The number of aromatic nitrogens is 1. The average Bonchev–Trinajstić information content (AvgIpc) is 3.00. The third kappa shape index (κ3) is 3.57. The zero-order valence-electron chi connectivity index (χ0n) is 12.0. The molecule has 2 aliphatic heterocycles. The second-order valence-electron chi connectivity index (χ2n) is 5.60. The number of rotatable bonds is 3. The molecule has 2 aliphatic rings. The summed E-state index contributed by atoms with van der Waals surface area (Å²) in [6.07, 6.45) is 3.96. The maximum Gasteiger partial charge on any atom is 0.254 e. The van der Waals surface area contributed by atoms with Crippen molar-refractivity contribution in [3.05, 3.63) is 29.8 Å². The fourth-order valence-corrected chi connectivity index (χ4v) is 2.93. The molecule has 21 heavy (non-hydrogen) atoms. The normalized spacial score (nSPS) is 23.5. The second-order valence-corrected chi connectivity index (χ2v) is 5.60. The molecule has 0 aliphatic carbocycles. The van der Waals surface area contributed by atoms with Crippen molar-refractivity contribution in [2.45, 2.75) is 18.9 Å². The molecule has 0 aromatic carbocycles. The summed E-state index contributed by atoms with van der Waals surface area (Å²) in [5, 5.41) is 0. The Kier molecular flexibility index (Phi) is 4.45. The van der Waals surface area contributed by atoms with Gasteiger partial charge in [0.25, 0.3) is 5.91 Å². The molecule has 1 aromatic heterocycles. The third-order valence-corrected chi connectivity index (χ3v) is 4.12. The van der Waals surface area contributed by atoms with Crippen LogP contribution < -0.4 is 0 Å². The van der Waals surface area contributed by atoms with Crippen LogP contribution >= 0.6 is 0 Å². The van der Waals surface area contributed by atoms with Gasteiger partial charge in [0.1, 0.15) is 0 Å². The van der Waals surface area contributed by atoms with Crippen LogP contribution in [-0.4, -0.2) is 66.1 Å². The lowest BCUT2D eigenvalue weighted by atomic mass is 10.2. The maximum absolute atomic E-state index is 13.1. The van der Waals surface area contributed by atoms with Gasteiger partial charge in [-0.2, -0.15) is 4.39 Å². The molecule has 2 saturated heterocycles. The number of hydrogen-bond acceptors (Lipinski definition) is 4. The van der Waals surface area contributed by atoms with Crippen LogP contribution in [0.4, 0.5) is 4.39 Å². The molecule has 1 aromatic rings. The summed E-state index contributed by atoms with van der Waals surface area (Å²) in [7, 11) is 0. The number of piperazine rings is 1. The van der Waals surface area contributed by atoms with Crippen LogP contribution in [0, 0.1) is 5.95 Å².